The molecule has 0 bridgehead atoms. The first kappa shape index (κ1) is 11.9. The standard InChI is InChI=1S/C12H22N2O2/c15-12(10-2-3-10)14-6-1-9-16-11-4-7-13-8-5-11/h10-11,13H,1-9H2,(H,14,15). The van der Waals surface area contributed by atoms with Crippen LogP contribution in [0.15, 0.2) is 0 Å². The van der Waals surface area contributed by atoms with Gasteiger partial charge in [-0.1, -0.05) is 0 Å². The molecule has 2 rings (SSSR count). The van der Waals surface area contributed by atoms with Crippen molar-refractivity contribution in [1.29, 1.82) is 0 Å². The average molecular weight is 226 g/mol. The van der Waals surface area contributed by atoms with Crippen LogP contribution in [0.2, 0.25) is 0 Å². The highest BCUT2D eigenvalue weighted by molar-refractivity contribution is 5.80. The van der Waals surface area contributed by atoms with Crippen molar-refractivity contribution < 1.29 is 9.53 Å². The minimum absolute atomic E-state index is 0.238. The van der Waals surface area contributed by atoms with Gasteiger partial charge in [-0.15, -0.1) is 0 Å². The van der Waals surface area contributed by atoms with Gasteiger partial charge in [-0.25, -0.2) is 0 Å². The van der Waals surface area contributed by atoms with Crippen LogP contribution in [0.1, 0.15) is 32.1 Å². The molecule has 1 saturated carbocycles. The minimum atomic E-state index is 0.238. The number of carbonyl (C=O) groups is 1. The third-order valence-corrected chi connectivity index (χ3v) is 3.21. The van der Waals surface area contributed by atoms with Crippen molar-refractivity contribution in [2.24, 2.45) is 5.92 Å². The van der Waals surface area contributed by atoms with E-state index in [9.17, 15) is 4.79 Å². The number of hydrogen-bond donors (Lipinski definition) is 2. The van der Waals surface area contributed by atoms with Crippen molar-refractivity contribution in [1.82, 2.24) is 10.6 Å². The summed E-state index contributed by atoms with van der Waals surface area (Å²) in [6, 6.07) is 0. The lowest BCUT2D eigenvalue weighted by Crippen LogP contribution is -2.33. The number of ether oxygens (including phenoxy) is 1. The Kier molecular flexibility index (Phi) is 4.60. The van der Waals surface area contributed by atoms with Gasteiger partial charge in [0, 0.05) is 19.1 Å². The van der Waals surface area contributed by atoms with Gasteiger partial charge in [-0.2, -0.15) is 0 Å². The Morgan fingerprint density at radius 1 is 1.25 bits per heavy atom. The second-order valence-corrected chi connectivity index (χ2v) is 4.74. The number of piperidine rings is 1. The number of amides is 1. The molecule has 1 amide bonds. The molecule has 0 radical (unpaired) electrons. The van der Waals surface area contributed by atoms with E-state index in [4.69, 9.17) is 4.74 Å². The first-order valence-corrected chi connectivity index (χ1v) is 6.46. The van der Waals surface area contributed by atoms with Crippen molar-refractivity contribution in [3.63, 3.8) is 0 Å². The molecule has 2 N–H and O–H groups in total. The van der Waals surface area contributed by atoms with Crippen LogP contribution in [0.25, 0.3) is 0 Å². The zero-order valence-corrected chi connectivity index (χ0v) is 9.84. The van der Waals surface area contributed by atoms with E-state index in [-0.39, 0.29) is 5.91 Å². The molecule has 1 saturated heterocycles. The molecule has 0 aromatic carbocycles. The largest absolute Gasteiger partial charge is 0.378 e. The van der Waals surface area contributed by atoms with Crippen LogP contribution in [-0.2, 0) is 9.53 Å². The summed E-state index contributed by atoms with van der Waals surface area (Å²) in [5, 5.41) is 6.26. The van der Waals surface area contributed by atoms with Gasteiger partial charge < -0.3 is 15.4 Å². The number of rotatable bonds is 6. The monoisotopic (exact) mass is 226 g/mol. The first-order valence-electron chi connectivity index (χ1n) is 6.46. The van der Waals surface area contributed by atoms with Crippen LogP contribution in [-0.4, -0.2) is 38.3 Å². The summed E-state index contributed by atoms with van der Waals surface area (Å²) in [5.41, 5.74) is 0. The lowest BCUT2D eigenvalue weighted by atomic mass is 10.1. The molecule has 0 atom stereocenters. The second-order valence-electron chi connectivity index (χ2n) is 4.74. The Bertz CT molecular complexity index is 223. The smallest absolute Gasteiger partial charge is 0.223 e. The highest BCUT2D eigenvalue weighted by Crippen LogP contribution is 2.28. The molecule has 2 aliphatic rings. The van der Waals surface area contributed by atoms with E-state index in [1.165, 1.54) is 0 Å². The van der Waals surface area contributed by atoms with Crippen LogP contribution >= 0.6 is 0 Å². The van der Waals surface area contributed by atoms with Gasteiger partial charge in [0.15, 0.2) is 0 Å². The maximum absolute atomic E-state index is 11.3. The molecule has 16 heavy (non-hydrogen) atoms. The molecule has 2 fully saturated rings. The summed E-state index contributed by atoms with van der Waals surface area (Å²) in [4.78, 5) is 11.3. The van der Waals surface area contributed by atoms with E-state index in [1.807, 2.05) is 0 Å². The van der Waals surface area contributed by atoms with Gasteiger partial charge in [0.05, 0.1) is 6.10 Å². The molecule has 1 aliphatic heterocycles. The van der Waals surface area contributed by atoms with Gasteiger partial charge in [0.2, 0.25) is 5.91 Å². The van der Waals surface area contributed by atoms with Gasteiger partial charge >= 0.3 is 0 Å². The van der Waals surface area contributed by atoms with Gasteiger partial charge in [0.25, 0.3) is 0 Å². The average Bonchev–Trinajstić information content (AvgIpc) is 3.13. The van der Waals surface area contributed by atoms with Crippen LogP contribution in [0.5, 0.6) is 0 Å². The molecule has 0 spiro atoms. The summed E-state index contributed by atoms with van der Waals surface area (Å²) in [6.45, 7) is 3.68. The van der Waals surface area contributed by atoms with E-state index < -0.39 is 0 Å². The fraction of sp³-hybridized carbons (Fsp3) is 0.917. The normalized spacial score (nSPS) is 22.0. The SMILES string of the molecule is O=C(NCCCOC1CCNCC1)C1CC1. The molecule has 0 aromatic rings. The van der Waals surface area contributed by atoms with Crippen LogP contribution < -0.4 is 10.6 Å². The highest BCUT2D eigenvalue weighted by atomic mass is 16.5. The molecule has 0 unspecified atom stereocenters. The Balaban J connectivity index is 1.43. The van der Waals surface area contributed by atoms with Crippen LogP contribution in [0.4, 0.5) is 0 Å². The van der Waals surface area contributed by atoms with Crippen LogP contribution in [0, 0.1) is 5.92 Å². The third-order valence-electron chi connectivity index (χ3n) is 3.21. The molecule has 0 aromatic heterocycles. The Morgan fingerprint density at radius 3 is 2.69 bits per heavy atom. The quantitative estimate of drug-likeness (QED) is 0.655. The predicted octanol–water partition coefficient (Wildman–Crippen LogP) is 0.671. The molecular weight excluding hydrogens is 204 g/mol. The lowest BCUT2D eigenvalue weighted by Gasteiger charge is -2.22. The lowest BCUT2D eigenvalue weighted by molar-refractivity contribution is -0.122. The zero-order chi connectivity index (χ0) is 11.2. The number of nitrogens with one attached hydrogen (secondary N) is 2. The molecular formula is C12H22N2O2. The van der Waals surface area contributed by atoms with Crippen molar-refractivity contribution in [3.8, 4) is 0 Å². The third kappa shape index (κ3) is 4.10. The fourth-order valence-electron chi connectivity index (χ4n) is 1.99. The van der Waals surface area contributed by atoms with Crippen LogP contribution in [0.3, 0.4) is 0 Å². The van der Waals surface area contributed by atoms with Gasteiger partial charge in [-0.05, 0) is 45.2 Å². The minimum Gasteiger partial charge on any atom is -0.378 e. The molecule has 1 aliphatic carbocycles. The Labute approximate surface area is 97.1 Å². The summed E-state index contributed by atoms with van der Waals surface area (Å²) in [5.74, 6) is 0.562. The van der Waals surface area contributed by atoms with E-state index in [0.29, 0.717) is 12.0 Å². The number of hydrogen-bond acceptors (Lipinski definition) is 3. The Hall–Kier alpha value is -0.610. The summed E-state index contributed by atoms with van der Waals surface area (Å²) in [7, 11) is 0. The molecule has 1 heterocycles. The predicted molar refractivity (Wildman–Crippen MR) is 62.2 cm³/mol. The first-order chi connectivity index (χ1) is 7.86. The maximum atomic E-state index is 11.3. The summed E-state index contributed by atoms with van der Waals surface area (Å²) in [6.07, 6.45) is 5.76. The summed E-state index contributed by atoms with van der Waals surface area (Å²) >= 11 is 0. The molecule has 4 heteroatoms. The van der Waals surface area contributed by atoms with E-state index in [1.54, 1.807) is 0 Å². The summed E-state index contributed by atoms with van der Waals surface area (Å²) < 4.78 is 5.75. The molecule has 92 valence electrons. The maximum Gasteiger partial charge on any atom is 0.223 e. The van der Waals surface area contributed by atoms with E-state index in [2.05, 4.69) is 10.6 Å². The van der Waals surface area contributed by atoms with E-state index >= 15 is 0 Å². The Morgan fingerprint density at radius 2 is 2.00 bits per heavy atom. The fourth-order valence-corrected chi connectivity index (χ4v) is 1.99. The topological polar surface area (TPSA) is 50.4 Å². The van der Waals surface area contributed by atoms with E-state index in [0.717, 1.165) is 58.3 Å². The number of carbonyl (C=O) groups excluding carboxylic acids is 1. The van der Waals surface area contributed by atoms with Crippen molar-refractivity contribution >= 4 is 5.91 Å². The van der Waals surface area contributed by atoms with Gasteiger partial charge in [0.1, 0.15) is 0 Å². The second kappa shape index (κ2) is 6.21. The van der Waals surface area contributed by atoms with Crippen molar-refractivity contribution in [3.05, 3.63) is 0 Å². The van der Waals surface area contributed by atoms with Crippen molar-refractivity contribution in [2.45, 2.75) is 38.2 Å². The molecule has 4 nitrogen and oxygen atoms in total. The van der Waals surface area contributed by atoms with Gasteiger partial charge in [-0.3, -0.25) is 4.79 Å². The van der Waals surface area contributed by atoms with Crippen molar-refractivity contribution in [2.75, 3.05) is 26.2 Å². The zero-order valence-electron chi connectivity index (χ0n) is 9.84. The highest BCUT2D eigenvalue weighted by Gasteiger charge is 2.28.